The fourth-order valence-electron chi connectivity index (χ4n) is 13.0. The molecule has 9 fully saturated rings. The zero-order chi connectivity index (χ0) is 33.3. The molecule has 1 heterocycles. The topological polar surface area (TPSA) is 132 Å². The van der Waals surface area contributed by atoms with Gasteiger partial charge in [0.2, 0.25) is 5.91 Å². The number of aliphatic hydroxyl groups is 4. The van der Waals surface area contributed by atoms with E-state index >= 15 is 0 Å². The predicted octanol–water partition coefficient (Wildman–Crippen LogP) is 4.46. The fraction of sp³-hybridized carbons (Fsp3) is 0.974. The minimum absolute atomic E-state index is 0. The minimum Gasteiger partial charge on any atom is -0.395 e. The second kappa shape index (κ2) is 16.7. The first-order valence-electron chi connectivity index (χ1n) is 20.1. The molecule has 0 unspecified atom stereocenters. The third-order valence-electron chi connectivity index (χ3n) is 14.3. The van der Waals surface area contributed by atoms with Crippen LogP contribution in [0, 0.1) is 46.3 Å². The van der Waals surface area contributed by atoms with E-state index in [2.05, 4.69) is 5.32 Å². The van der Waals surface area contributed by atoms with E-state index in [9.17, 15) is 25.2 Å². The highest BCUT2D eigenvalue weighted by atomic mass is 35.5. The lowest BCUT2D eigenvalue weighted by Gasteiger charge is -2.56. The number of carbonyl (C=O) groups is 1. The normalized spacial score (nSPS) is 43.6. The smallest absolute Gasteiger partial charge is 0.240 e. The van der Waals surface area contributed by atoms with Gasteiger partial charge in [0.1, 0.15) is 24.4 Å². The Morgan fingerprint density at radius 2 is 1.08 bits per heavy atom. The molecule has 282 valence electrons. The molecular formula is C39H67ClN2O7. The maximum absolute atomic E-state index is 13.4. The highest BCUT2D eigenvalue weighted by Gasteiger charge is 2.53. The molecule has 0 spiro atoms. The van der Waals surface area contributed by atoms with Crippen molar-refractivity contribution in [2.45, 2.75) is 146 Å². The molecule has 5 N–H and O–H groups in total. The molecular weight excluding hydrogens is 644 g/mol. The molecule has 8 aliphatic carbocycles. The maximum atomic E-state index is 13.4. The fourth-order valence-corrected chi connectivity index (χ4v) is 13.0. The van der Waals surface area contributed by atoms with Gasteiger partial charge in [0.05, 0.1) is 25.9 Å². The molecule has 8 bridgehead atoms. The lowest BCUT2D eigenvalue weighted by atomic mass is 9.50. The summed E-state index contributed by atoms with van der Waals surface area (Å²) in [6, 6.07) is -1.82. The number of nitrogens with zero attached hydrogens (tertiary/aromatic N) is 1. The third kappa shape index (κ3) is 8.66. The maximum Gasteiger partial charge on any atom is 0.240 e. The lowest BCUT2D eigenvalue weighted by molar-refractivity contribution is -0.178. The average molecular weight is 711 g/mol. The van der Waals surface area contributed by atoms with E-state index in [0.29, 0.717) is 23.9 Å². The number of nitrogens with one attached hydrogen (secondary N) is 1. The minimum atomic E-state index is -1.49. The zero-order valence-electron chi connectivity index (χ0n) is 29.9. The van der Waals surface area contributed by atoms with Crippen LogP contribution in [0.3, 0.4) is 0 Å². The molecule has 0 radical (unpaired) electrons. The standard InChI is InChI=1S/C39H66N2O7.ClH/c42-23-32-34(43)36(45)35(44)33(41(32)8-4-2-6-10-48-25-39-20-29-14-30(21-39)16-31(15-29)22-39)37(46)40-7-3-1-5-9-47-24-38-17-26-11-27(18-38)13-28(12-26)19-38;/h26-36,42-45H,1-25H2,(H,40,46);1H/t26?,27?,28?,29?,30?,31?,32-,33+,34+,35-,36-,38?,39?;/m0./s1. The molecule has 5 atom stereocenters. The summed E-state index contributed by atoms with van der Waals surface area (Å²) in [5, 5.41) is 45.2. The monoisotopic (exact) mass is 710 g/mol. The van der Waals surface area contributed by atoms with Gasteiger partial charge in [0.25, 0.3) is 0 Å². The van der Waals surface area contributed by atoms with Crippen LogP contribution in [0.2, 0.25) is 0 Å². The van der Waals surface area contributed by atoms with Gasteiger partial charge in [-0.2, -0.15) is 0 Å². The number of amides is 1. The molecule has 49 heavy (non-hydrogen) atoms. The number of piperidine rings is 1. The number of unbranched alkanes of at least 4 members (excludes halogenated alkanes) is 4. The molecule has 1 amide bonds. The van der Waals surface area contributed by atoms with E-state index in [0.717, 1.165) is 100 Å². The van der Waals surface area contributed by atoms with Gasteiger partial charge in [0.15, 0.2) is 0 Å². The number of ether oxygens (including phenoxy) is 2. The number of rotatable bonds is 18. The van der Waals surface area contributed by atoms with Crippen molar-refractivity contribution in [1.82, 2.24) is 10.2 Å². The number of halogens is 1. The molecule has 8 saturated carbocycles. The van der Waals surface area contributed by atoms with Gasteiger partial charge < -0.3 is 35.2 Å². The number of aliphatic hydroxyl groups excluding tert-OH is 4. The Bertz CT molecular complexity index is 1010. The Balaban J connectivity index is 0.00000417. The summed E-state index contributed by atoms with van der Waals surface area (Å²) < 4.78 is 12.5. The van der Waals surface area contributed by atoms with E-state index in [4.69, 9.17) is 9.47 Å². The SMILES string of the molecule is Cl.O=C(NCCCCCOCC12CC3CC(CC(C3)C1)C2)[C@H]1[C@H](O)[C@@H](O)[C@H](O)[C@H](CO)N1CCCCCOCC12CC3CC(CC(C3)C1)C2. The summed E-state index contributed by atoms with van der Waals surface area (Å²) in [5.41, 5.74) is 0.869. The summed E-state index contributed by atoms with van der Waals surface area (Å²) in [6.07, 6.45) is 17.9. The average Bonchev–Trinajstić information content (AvgIpc) is 3.03. The molecule has 9 nitrogen and oxygen atoms in total. The predicted molar refractivity (Wildman–Crippen MR) is 190 cm³/mol. The summed E-state index contributed by atoms with van der Waals surface area (Å²) in [7, 11) is 0. The van der Waals surface area contributed by atoms with Crippen molar-refractivity contribution in [2.75, 3.05) is 46.1 Å². The highest BCUT2D eigenvalue weighted by molar-refractivity contribution is 5.85. The summed E-state index contributed by atoms with van der Waals surface area (Å²) in [4.78, 5) is 15.1. The van der Waals surface area contributed by atoms with Crippen LogP contribution in [-0.4, -0.2) is 108 Å². The van der Waals surface area contributed by atoms with Gasteiger partial charge in [-0.25, -0.2) is 0 Å². The van der Waals surface area contributed by atoms with Crippen LogP contribution in [0.15, 0.2) is 0 Å². The molecule has 9 rings (SSSR count). The van der Waals surface area contributed by atoms with E-state index < -0.39 is 37.0 Å². The van der Waals surface area contributed by atoms with Crippen molar-refractivity contribution in [1.29, 1.82) is 0 Å². The first-order chi connectivity index (χ1) is 23.3. The van der Waals surface area contributed by atoms with Gasteiger partial charge >= 0.3 is 0 Å². The Morgan fingerprint density at radius 1 is 0.633 bits per heavy atom. The molecule has 0 aromatic heterocycles. The number of likely N-dealkylation sites (tertiary alicyclic amines) is 1. The van der Waals surface area contributed by atoms with Gasteiger partial charge in [0, 0.05) is 19.8 Å². The van der Waals surface area contributed by atoms with Gasteiger partial charge in [-0.1, -0.05) is 0 Å². The Hall–Kier alpha value is -0.520. The number of carbonyl (C=O) groups excluding carboxylic acids is 1. The van der Waals surface area contributed by atoms with Crippen molar-refractivity contribution in [3.05, 3.63) is 0 Å². The zero-order valence-corrected chi connectivity index (χ0v) is 30.7. The Kier molecular flexibility index (Phi) is 13.0. The second-order valence-electron chi connectivity index (χ2n) is 18.3. The van der Waals surface area contributed by atoms with Crippen molar-refractivity contribution in [2.24, 2.45) is 46.3 Å². The van der Waals surface area contributed by atoms with Crippen LogP contribution in [-0.2, 0) is 14.3 Å². The second-order valence-corrected chi connectivity index (χ2v) is 18.3. The largest absolute Gasteiger partial charge is 0.395 e. The van der Waals surface area contributed by atoms with Crippen LogP contribution >= 0.6 is 12.4 Å². The van der Waals surface area contributed by atoms with E-state index in [1.54, 1.807) is 4.90 Å². The first-order valence-corrected chi connectivity index (χ1v) is 20.1. The summed E-state index contributed by atoms with van der Waals surface area (Å²) >= 11 is 0. The van der Waals surface area contributed by atoms with Crippen molar-refractivity contribution < 1.29 is 34.7 Å². The quantitative estimate of drug-likeness (QED) is 0.132. The molecule has 0 aromatic rings. The van der Waals surface area contributed by atoms with Crippen LogP contribution in [0.5, 0.6) is 0 Å². The van der Waals surface area contributed by atoms with Crippen molar-refractivity contribution in [3.63, 3.8) is 0 Å². The molecule has 1 aliphatic heterocycles. The Labute approximate surface area is 301 Å². The van der Waals surface area contributed by atoms with Crippen LogP contribution in [0.1, 0.15) is 116 Å². The number of hydrogen-bond acceptors (Lipinski definition) is 8. The van der Waals surface area contributed by atoms with Gasteiger partial charge in [-0.05, 0) is 168 Å². The van der Waals surface area contributed by atoms with Crippen molar-refractivity contribution in [3.8, 4) is 0 Å². The number of hydrogen-bond donors (Lipinski definition) is 5. The van der Waals surface area contributed by atoms with Gasteiger partial charge in [-0.3, -0.25) is 9.69 Å². The first kappa shape index (κ1) is 38.2. The molecule has 9 aliphatic rings. The van der Waals surface area contributed by atoms with Crippen LogP contribution in [0.25, 0.3) is 0 Å². The van der Waals surface area contributed by atoms with Crippen molar-refractivity contribution >= 4 is 18.3 Å². The lowest BCUT2D eigenvalue weighted by Crippen LogP contribution is -2.70. The summed E-state index contributed by atoms with van der Waals surface area (Å²) in [5.74, 6) is 5.26. The molecule has 0 aromatic carbocycles. The van der Waals surface area contributed by atoms with E-state index in [1.807, 2.05) is 0 Å². The summed E-state index contributed by atoms with van der Waals surface area (Å²) in [6.45, 7) is 3.83. The van der Waals surface area contributed by atoms with E-state index in [-0.39, 0.29) is 18.3 Å². The highest BCUT2D eigenvalue weighted by Crippen LogP contribution is 2.61. The van der Waals surface area contributed by atoms with Gasteiger partial charge in [-0.15, -0.1) is 12.4 Å². The molecule has 1 saturated heterocycles. The Morgan fingerprint density at radius 3 is 1.53 bits per heavy atom. The van der Waals surface area contributed by atoms with E-state index in [1.165, 1.54) is 77.0 Å². The van der Waals surface area contributed by atoms with Crippen LogP contribution < -0.4 is 5.32 Å². The van der Waals surface area contributed by atoms with Crippen LogP contribution in [0.4, 0.5) is 0 Å². The molecule has 10 heteroatoms. The third-order valence-corrected chi connectivity index (χ3v) is 14.3.